The van der Waals surface area contributed by atoms with Crippen LogP contribution in [-0.4, -0.2) is 25.5 Å². The number of benzene rings is 1. The van der Waals surface area contributed by atoms with Crippen LogP contribution < -0.4 is 5.32 Å². The molecule has 1 aromatic carbocycles. The first-order valence-corrected chi connectivity index (χ1v) is 7.03. The Morgan fingerprint density at radius 3 is 2.60 bits per heavy atom. The van der Waals surface area contributed by atoms with Crippen LogP contribution in [0.25, 0.3) is 5.69 Å². The SMILES string of the molecule is O=C(Cn1ccc(C(F)(F)F)n1)Nc1ccc(-n2cccn2)c(F)c1. The molecule has 10 heteroatoms. The molecule has 0 saturated carbocycles. The highest BCUT2D eigenvalue weighted by atomic mass is 19.4. The lowest BCUT2D eigenvalue weighted by Crippen LogP contribution is -2.20. The van der Waals surface area contributed by atoms with Gasteiger partial charge < -0.3 is 5.32 Å². The van der Waals surface area contributed by atoms with Gasteiger partial charge in [-0.3, -0.25) is 9.48 Å². The predicted molar refractivity (Wildman–Crippen MR) is 79.4 cm³/mol. The lowest BCUT2D eigenvalue weighted by Gasteiger charge is -2.08. The third-order valence-electron chi connectivity index (χ3n) is 3.22. The smallest absolute Gasteiger partial charge is 0.324 e. The molecule has 2 heterocycles. The van der Waals surface area contributed by atoms with E-state index < -0.39 is 30.1 Å². The molecule has 25 heavy (non-hydrogen) atoms. The van der Waals surface area contributed by atoms with Crippen molar-refractivity contribution in [3.05, 3.63) is 60.4 Å². The van der Waals surface area contributed by atoms with E-state index in [4.69, 9.17) is 0 Å². The van der Waals surface area contributed by atoms with Crippen molar-refractivity contribution in [1.82, 2.24) is 19.6 Å². The number of amides is 1. The van der Waals surface area contributed by atoms with Crippen molar-refractivity contribution in [2.75, 3.05) is 5.32 Å². The summed E-state index contributed by atoms with van der Waals surface area (Å²) in [5.41, 5.74) is -0.721. The molecule has 0 fully saturated rings. The fourth-order valence-corrected chi connectivity index (χ4v) is 2.13. The summed E-state index contributed by atoms with van der Waals surface area (Å²) in [6, 6.07) is 6.38. The summed E-state index contributed by atoms with van der Waals surface area (Å²) in [5.74, 6) is -1.25. The number of anilines is 1. The summed E-state index contributed by atoms with van der Waals surface area (Å²) in [4.78, 5) is 11.9. The molecule has 2 aromatic heterocycles. The Morgan fingerprint density at radius 1 is 1.20 bits per heavy atom. The van der Waals surface area contributed by atoms with Crippen molar-refractivity contribution in [3.63, 3.8) is 0 Å². The van der Waals surface area contributed by atoms with E-state index in [9.17, 15) is 22.4 Å². The van der Waals surface area contributed by atoms with Crippen LogP contribution in [0.3, 0.4) is 0 Å². The highest BCUT2D eigenvalue weighted by molar-refractivity contribution is 5.90. The van der Waals surface area contributed by atoms with Gasteiger partial charge >= 0.3 is 6.18 Å². The van der Waals surface area contributed by atoms with Gasteiger partial charge in [-0.15, -0.1) is 0 Å². The number of halogens is 4. The highest BCUT2D eigenvalue weighted by Crippen LogP contribution is 2.27. The van der Waals surface area contributed by atoms with Gasteiger partial charge in [-0.2, -0.15) is 23.4 Å². The van der Waals surface area contributed by atoms with Crippen molar-refractivity contribution in [2.45, 2.75) is 12.7 Å². The molecule has 0 spiro atoms. The number of hydrogen-bond acceptors (Lipinski definition) is 3. The molecule has 0 unspecified atom stereocenters. The monoisotopic (exact) mass is 353 g/mol. The second kappa shape index (κ2) is 6.38. The number of carbonyl (C=O) groups is 1. The molecule has 0 aliphatic heterocycles. The van der Waals surface area contributed by atoms with Crippen molar-refractivity contribution in [1.29, 1.82) is 0 Å². The van der Waals surface area contributed by atoms with Crippen LogP contribution in [0, 0.1) is 5.82 Å². The zero-order valence-corrected chi connectivity index (χ0v) is 12.5. The van der Waals surface area contributed by atoms with E-state index in [1.165, 1.54) is 23.0 Å². The summed E-state index contributed by atoms with van der Waals surface area (Å²) in [6.07, 6.45) is -0.474. The summed E-state index contributed by atoms with van der Waals surface area (Å²) in [7, 11) is 0. The summed E-state index contributed by atoms with van der Waals surface area (Å²) in [5, 5.41) is 9.58. The lowest BCUT2D eigenvalue weighted by molar-refractivity contribution is -0.141. The zero-order chi connectivity index (χ0) is 18.0. The number of nitrogens with one attached hydrogen (secondary N) is 1. The second-order valence-corrected chi connectivity index (χ2v) is 5.06. The minimum Gasteiger partial charge on any atom is -0.324 e. The third kappa shape index (κ3) is 3.84. The fraction of sp³-hybridized carbons (Fsp3) is 0.133. The normalized spacial score (nSPS) is 11.5. The van der Waals surface area contributed by atoms with Crippen LogP contribution in [0.15, 0.2) is 48.9 Å². The largest absolute Gasteiger partial charge is 0.435 e. The van der Waals surface area contributed by atoms with Crippen LogP contribution in [-0.2, 0) is 17.5 Å². The molecule has 0 aliphatic carbocycles. The van der Waals surface area contributed by atoms with Gasteiger partial charge in [0, 0.05) is 24.3 Å². The van der Waals surface area contributed by atoms with Gasteiger partial charge in [0.05, 0.1) is 0 Å². The van der Waals surface area contributed by atoms with Crippen molar-refractivity contribution in [3.8, 4) is 5.69 Å². The van der Waals surface area contributed by atoms with Crippen LogP contribution in [0.1, 0.15) is 5.69 Å². The molecular formula is C15H11F4N5O. The number of alkyl halides is 3. The van der Waals surface area contributed by atoms with Gasteiger partial charge in [-0.1, -0.05) is 0 Å². The maximum absolute atomic E-state index is 14.1. The molecule has 0 saturated heterocycles. The molecule has 0 radical (unpaired) electrons. The Hall–Kier alpha value is -3.17. The Balaban J connectivity index is 1.67. The second-order valence-electron chi connectivity index (χ2n) is 5.06. The van der Waals surface area contributed by atoms with E-state index in [1.807, 2.05) is 0 Å². The van der Waals surface area contributed by atoms with E-state index in [0.717, 1.165) is 23.0 Å². The first kappa shape index (κ1) is 16.7. The van der Waals surface area contributed by atoms with Crippen molar-refractivity contribution < 1.29 is 22.4 Å². The first-order valence-electron chi connectivity index (χ1n) is 7.03. The Kier molecular flexibility index (Phi) is 4.26. The number of carbonyl (C=O) groups excluding carboxylic acids is 1. The number of aromatic nitrogens is 4. The molecule has 0 bridgehead atoms. The first-order chi connectivity index (χ1) is 11.8. The Morgan fingerprint density at radius 2 is 2.00 bits per heavy atom. The van der Waals surface area contributed by atoms with Gasteiger partial charge in [0.15, 0.2) is 11.5 Å². The summed E-state index contributed by atoms with van der Waals surface area (Å²) >= 11 is 0. The van der Waals surface area contributed by atoms with Crippen LogP contribution >= 0.6 is 0 Å². The van der Waals surface area contributed by atoms with Gasteiger partial charge in [-0.05, 0) is 30.3 Å². The molecule has 3 rings (SSSR count). The zero-order valence-electron chi connectivity index (χ0n) is 12.5. The fourth-order valence-electron chi connectivity index (χ4n) is 2.13. The number of rotatable bonds is 4. The molecule has 6 nitrogen and oxygen atoms in total. The van der Waals surface area contributed by atoms with E-state index in [0.29, 0.717) is 0 Å². The highest BCUT2D eigenvalue weighted by Gasteiger charge is 2.33. The average Bonchev–Trinajstić information content (AvgIpc) is 3.18. The standard InChI is InChI=1S/C15H11F4N5O/c16-11-8-10(2-3-12(11)24-6-1-5-20-24)21-14(25)9-23-7-4-13(22-23)15(17,18)19/h1-8H,9H2,(H,21,25). The van der Waals surface area contributed by atoms with Gasteiger partial charge in [0.25, 0.3) is 0 Å². The molecule has 0 aliphatic rings. The minimum absolute atomic E-state index is 0.168. The van der Waals surface area contributed by atoms with Crippen LogP contribution in [0.5, 0.6) is 0 Å². The number of hydrogen-bond donors (Lipinski definition) is 1. The maximum atomic E-state index is 14.1. The Labute approximate surface area is 138 Å². The van der Waals surface area contributed by atoms with Gasteiger partial charge in [0.2, 0.25) is 5.91 Å². The quantitative estimate of drug-likeness (QED) is 0.734. The van der Waals surface area contributed by atoms with Crippen LogP contribution in [0.2, 0.25) is 0 Å². The van der Waals surface area contributed by atoms with Gasteiger partial charge in [-0.25, -0.2) is 9.07 Å². The van der Waals surface area contributed by atoms with E-state index in [-0.39, 0.29) is 11.4 Å². The Bertz CT molecular complexity index is 886. The van der Waals surface area contributed by atoms with Crippen molar-refractivity contribution >= 4 is 11.6 Å². The summed E-state index contributed by atoms with van der Waals surface area (Å²) < 4.78 is 53.6. The molecule has 0 atom stereocenters. The maximum Gasteiger partial charge on any atom is 0.435 e. The minimum atomic E-state index is -4.58. The summed E-state index contributed by atoms with van der Waals surface area (Å²) in [6.45, 7) is -0.432. The molecule has 1 N–H and O–H groups in total. The van der Waals surface area contributed by atoms with E-state index in [1.54, 1.807) is 12.3 Å². The predicted octanol–water partition coefficient (Wildman–Crippen LogP) is 2.87. The van der Waals surface area contributed by atoms with E-state index in [2.05, 4.69) is 15.5 Å². The number of nitrogens with zero attached hydrogens (tertiary/aromatic N) is 4. The molecule has 1 amide bonds. The van der Waals surface area contributed by atoms with Gasteiger partial charge in [0.1, 0.15) is 12.2 Å². The van der Waals surface area contributed by atoms with Crippen LogP contribution in [0.4, 0.5) is 23.2 Å². The van der Waals surface area contributed by atoms with E-state index >= 15 is 0 Å². The van der Waals surface area contributed by atoms with Crippen molar-refractivity contribution in [2.24, 2.45) is 0 Å². The topological polar surface area (TPSA) is 64.7 Å². The molecule has 3 aromatic rings. The molecule has 130 valence electrons. The molecular weight excluding hydrogens is 342 g/mol. The average molecular weight is 353 g/mol. The third-order valence-corrected chi connectivity index (χ3v) is 3.22. The lowest BCUT2D eigenvalue weighted by atomic mass is 10.2.